The number of rotatable bonds is 5. The van der Waals surface area contributed by atoms with E-state index in [0.29, 0.717) is 31.3 Å². The highest BCUT2D eigenvalue weighted by atomic mass is 19.1. The lowest BCUT2D eigenvalue weighted by Crippen LogP contribution is -2.41. The SMILES string of the molecule is COc1ccc(-c2noc(N3CCC[C@H](C(=O)Nc4ccc(F)cc4F)C3)n2)cc1. The molecular formula is C21H20F2N4O3. The molecule has 1 fully saturated rings. The van der Waals surface area contributed by atoms with E-state index >= 15 is 0 Å². The summed E-state index contributed by atoms with van der Waals surface area (Å²) in [6.45, 7) is 1.03. The minimum Gasteiger partial charge on any atom is -0.497 e. The summed E-state index contributed by atoms with van der Waals surface area (Å²) in [6.07, 6.45) is 1.38. The smallest absolute Gasteiger partial charge is 0.324 e. The van der Waals surface area contributed by atoms with Gasteiger partial charge in [-0.25, -0.2) is 8.78 Å². The molecule has 9 heteroatoms. The molecule has 2 aromatic carbocycles. The van der Waals surface area contributed by atoms with E-state index in [1.807, 2.05) is 17.0 Å². The average molecular weight is 414 g/mol. The Bertz CT molecular complexity index is 1040. The van der Waals surface area contributed by atoms with Crippen LogP contribution in [0, 0.1) is 17.6 Å². The first-order valence-corrected chi connectivity index (χ1v) is 9.52. The number of anilines is 2. The Morgan fingerprint density at radius 2 is 2.03 bits per heavy atom. The second-order valence-corrected chi connectivity index (χ2v) is 7.03. The Kier molecular flexibility index (Phi) is 5.60. The highest BCUT2D eigenvalue weighted by Crippen LogP contribution is 2.26. The second kappa shape index (κ2) is 8.48. The summed E-state index contributed by atoms with van der Waals surface area (Å²) in [4.78, 5) is 18.9. The van der Waals surface area contributed by atoms with Gasteiger partial charge in [0.2, 0.25) is 11.7 Å². The summed E-state index contributed by atoms with van der Waals surface area (Å²) in [5, 5.41) is 6.56. The molecule has 0 bridgehead atoms. The number of ether oxygens (including phenoxy) is 1. The molecule has 2 heterocycles. The molecule has 3 aromatic rings. The van der Waals surface area contributed by atoms with Gasteiger partial charge < -0.3 is 19.5 Å². The van der Waals surface area contributed by atoms with E-state index in [1.54, 1.807) is 19.2 Å². The van der Waals surface area contributed by atoms with Crippen molar-refractivity contribution in [3.8, 4) is 17.1 Å². The number of hydrogen-bond donors (Lipinski definition) is 1. The minimum absolute atomic E-state index is 0.0434. The molecule has 0 radical (unpaired) electrons. The maximum absolute atomic E-state index is 13.8. The van der Waals surface area contributed by atoms with Gasteiger partial charge in [-0.3, -0.25) is 4.79 Å². The Labute approximate surface area is 171 Å². The molecule has 1 aliphatic rings. The molecule has 0 spiro atoms. The third-order valence-corrected chi connectivity index (χ3v) is 5.02. The van der Waals surface area contributed by atoms with Crippen LogP contribution in [0.3, 0.4) is 0 Å². The third-order valence-electron chi connectivity index (χ3n) is 5.02. The molecule has 4 rings (SSSR count). The number of halogens is 2. The number of nitrogens with one attached hydrogen (secondary N) is 1. The van der Waals surface area contributed by atoms with Crippen LogP contribution < -0.4 is 15.0 Å². The van der Waals surface area contributed by atoms with E-state index in [0.717, 1.165) is 29.9 Å². The van der Waals surface area contributed by atoms with Crippen LogP contribution in [0.15, 0.2) is 47.0 Å². The summed E-state index contributed by atoms with van der Waals surface area (Å²) in [7, 11) is 1.59. The largest absolute Gasteiger partial charge is 0.497 e. The van der Waals surface area contributed by atoms with Gasteiger partial charge in [-0.1, -0.05) is 5.16 Å². The topological polar surface area (TPSA) is 80.5 Å². The maximum Gasteiger partial charge on any atom is 0.324 e. The average Bonchev–Trinajstić information content (AvgIpc) is 3.26. The van der Waals surface area contributed by atoms with Crippen molar-refractivity contribution in [2.75, 3.05) is 30.4 Å². The Morgan fingerprint density at radius 1 is 1.23 bits per heavy atom. The van der Waals surface area contributed by atoms with E-state index in [-0.39, 0.29) is 17.5 Å². The minimum atomic E-state index is -0.808. The lowest BCUT2D eigenvalue weighted by atomic mass is 9.97. The Morgan fingerprint density at radius 3 is 2.77 bits per heavy atom. The number of carbonyl (C=O) groups excluding carboxylic acids is 1. The molecule has 1 aromatic heterocycles. The summed E-state index contributed by atoms with van der Waals surface area (Å²) < 4.78 is 37.4. The fourth-order valence-corrected chi connectivity index (χ4v) is 3.39. The van der Waals surface area contributed by atoms with Crippen LogP contribution in [-0.2, 0) is 4.79 Å². The van der Waals surface area contributed by atoms with Gasteiger partial charge in [-0.05, 0) is 49.2 Å². The number of amides is 1. The Balaban J connectivity index is 1.43. The van der Waals surface area contributed by atoms with Crippen molar-refractivity contribution >= 4 is 17.6 Å². The third kappa shape index (κ3) is 4.24. The van der Waals surface area contributed by atoms with Gasteiger partial charge >= 0.3 is 6.01 Å². The van der Waals surface area contributed by atoms with Crippen molar-refractivity contribution < 1.29 is 22.8 Å². The summed E-state index contributed by atoms with van der Waals surface area (Å²) in [6, 6.07) is 10.7. The standard InChI is InChI=1S/C21H20F2N4O3/c1-29-16-7-4-13(5-8-16)19-25-21(30-26-19)27-10-2-3-14(12-27)20(28)24-18-9-6-15(22)11-17(18)23/h4-9,11,14H,2-3,10,12H2,1H3,(H,24,28)/t14-/m0/s1. The molecule has 30 heavy (non-hydrogen) atoms. The molecular weight excluding hydrogens is 394 g/mol. The van der Waals surface area contributed by atoms with Crippen LogP contribution in [-0.4, -0.2) is 36.2 Å². The molecule has 0 aliphatic carbocycles. The predicted octanol–water partition coefficient (Wildman–Crippen LogP) is 3.88. The number of hydrogen-bond acceptors (Lipinski definition) is 6. The maximum atomic E-state index is 13.8. The van der Waals surface area contributed by atoms with Gasteiger partial charge in [-0.15, -0.1) is 0 Å². The van der Waals surface area contributed by atoms with Gasteiger partial charge in [0.25, 0.3) is 0 Å². The number of carbonyl (C=O) groups is 1. The number of piperidine rings is 1. The molecule has 1 saturated heterocycles. The van der Waals surface area contributed by atoms with E-state index < -0.39 is 11.6 Å². The number of aromatic nitrogens is 2. The van der Waals surface area contributed by atoms with Crippen LogP contribution >= 0.6 is 0 Å². The van der Waals surface area contributed by atoms with Gasteiger partial charge in [0.05, 0.1) is 18.7 Å². The number of nitrogens with zero attached hydrogens (tertiary/aromatic N) is 3. The van der Waals surface area contributed by atoms with Crippen LogP contribution in [0.4, 0.5) is 20.5 Å². The van der Waals surface area contributed by atoms with Gasteiger partial charge in [0.1, 0.15) is 17.4 Å². The van der Waals surface area contributed by atoms with Crippen molar-refractivity contribution in [3.05, 3.63) is 54.1 Å². The second-order valence-electron chi connectivity index (χ2n) is 7.03. The number of benzene rings is 2. The molecule has 7 nitrogen and oxygen atoms in total. The predicted molar refractivity (Wildman–Crippen MR) is 106 cm³/mol. The van der Waals surface area contributed by atoms with Crippen LogP contribution in [0.25, 0.3) is 11.4 Å². The Hall–Kier alpha value is -3.49. The molecule has 1 atom stereocenters. The molecule has 1 N–H and O–H groups in total. The van der Waals surface area contributed by atoms with Gasteiger partial charge in [-0.2, -0.15) is 4.98 Å². The van der Waals surface area contributed by atoms with Crippen molar-refractivity contribution in [2.45, 2.75) is 12.8 Å². The van der Waals surface area contributed by atoms with Crippen LogP contribution in [0.1, 0.15) is 12.8 Å². The van der Waals surface area contributed by atoms with E-state index in [4.69, 9.17) is 9.26 Å². The van der Waals surface area contributed by atoms with Gasteiger partial charge in [0.15, 0.2) is 0 Å². The van der Waals surface area contributed by atoms with Crippen molar-refractivity contribution in [1.29, 1.82) is 0 Å². The molecule has 0 unspecified atom stereocenters. The zero-order valence-corrected chi connectivity index (χ0v) is 16.3. The monoisotopic (exact) mass is 414 g/mol. The van der Waals surface area contributed by atoms with Crippen molar-refractivity contribution in [2.24, 2.45) is 5.92 Å². The first-order valence-electron chi connectivity index (χ1n) is 9.52. The lowest BCUT2D eigenvalue weighted by molar-refractivity contribution is -0.120. The molecule has 1 aliphatic heterocycles. The van der Waals surface area contributed by atoms with E-state index in [1.165, 1.54) is 6.07 Å². The fraction of sp³-hybridized carbons (Fsp3) is 0.286. The summed E-state index contributed by atoms with van der Waals surface area (Å²) in [5.74, 6) is -1.06. The fourth-order valence-electron chi connectivity index (χ4n) is 3.39. The van der Waals surface area contributed by atoms with Crippen LogP contribution in [0.5, 0.6) is 5.75 Å². The van der Waals surface area contributed by atoms with Crippen molar-refractivity contribution in [1.82, 2.24) is 10.1 Å². The van der Waals surface area contributed by atoms with Crippen molar-refractivity contribution in [3.63, 3.8) is 0 Å². The zero-order chi connectivity index (χ0) is 21.1. The molecule has 1 amide bonds. The van der Waals surface area contributed by atoms with Crippen LogP contribution in [0.2, 0.25) is 0 Å². The first kappa shape index (κ1) is 19.8. The zero-order valence-electron chi connectivity index (χ0n) is 16.3. The summed E-state index contributed by atoms with van der Waals surface area (Å²) in [5.41, 5.74) is 0.738. The lowest BCUT2D eigenvalue weighted by Gasteiger charge is -2.30. The highest BCUT2D eigenvalue weighted by molar-refractivity contribution is 5.93. The highest BCUT2D eigenvalue weighted by Gasteiger charge is 2.29. The summed E-state index contributed by atoms with van der Waals surface area (Å²) >= 11 is 0. The molecule has 156 valence electrons. The first-order chi connectivity index (χ1) is 14.5. The molecule has 0 saturated carbocycles. The van der Waals surface area contributed by atoms with Gasteiger partial charge in [0, 0.05) is 24.7 Å². The van der Waals surface area contributed by atoms with E-state index in [2.05, 4.69) is 15.5 Å². The van der Waals surface area contributed by atoms with E-state index in [9.17, 15) is 13.6 Å². The number of methoxy groups -OCH3 is 1. The quantitative estimate of drug-likeness (QED) is 0.683. The normalized spacial score (nSPS) is 16.4.